The Morgan fingerprint density at radius 2 is 2.22 bits per heavy atom. The largest absolute Gasteiger partial charge is 0.412 e. The van der Waals surface area contributed by atoms with E-state index < -0.39 is 53.2 Å². The van der Waals surface area contributed by atoms with Crippen LogP contribution < -0.4 is 0 Å². The van der Waals surface area contributed by atoms with Gasteiger partial charge in [0.25, 0.3) is 0 Å². The highest BCUT2D eigenvalue weighted by Crippen LogP contribution is 2.58. The Labute approximate surface area is 135 Å². The molecule has 4 nitrogen and oxygen atoms in total. The summed E-state index contributed by atoms with van der Waals surface area (Å²) < 4.78 is 70.2. The molecule has 1 spiro atoms. The number of rotatable bonds is 4. The molecule has 0 radical (unpaired) electrons. The van der Waals surface area contributed by atoms with E-state index in [1.54, 1.807) is 6.92 Å². The quantitative estimate of drug-likeness (QED) is 0.585. The van der Waals surface area contributed by atoms with E-state index in [1.165, 1.54) is 7.11 Å². The van der Waals surface area contributed by atoms with Crippen LogP contribution in [-0.4, -0.2) is 49.1 Å². The molecule has 0 bridgehead atoms. The highest BCUT2D eigenvalue weighted by atomic mass is 19.4. The van der Waals surface area contributed by atoms with Gasteiger partial charge < -0.3 is 14.2 Å². The van der Waals surface area contributed by atoms with Gasteiger partial charge in [0.1, 0.15) is 17.3 Å². The first-order valence-electron chi connectivity index (χ1n) is 8.50. The van der Waals surface area contributed by atoms with Gasteiger partial charge in [-0.25, -0.2) is 0 Å². The minimum absolute atomic E-state index is 0.0614. The number of alkyl halides is 3. The number of ether oxygens (including phenoxy) is 3. The maximum atomic E-state index is 12.6. The predicted molar refractivity (Wildman–Crippen MR) is 74.9 cm³/mol. The third-order valence-electron chi connectivity index (χ3n) is 5.14. The molecule has 3 aliphatic rings. The van der Waals surface area contributed by atoms with Crippen LogP contribution in [0.25, 0.3) is 0 Å². The number of hydrogen-bond donors (Lipinski definition) is 0. The van der Waals surface area contributed by atoms with E-state index in [0.29, 0.717) is 0 Å². The number of ketones is 1. The summed E-state index contributed by atoms with van der Waals surface area (Å²) >= 11 is 0. The SMILES string of the molecule is [2H]C1([2H])C[C@]2(CO2)[C@@H](C2(C)O[C@@H]2C/C=C(\C)C(F)(F)F)[C@H](OC)C1=O. The van der Waals surface area contributed by atoms with E-state index in [1.807, 2.05) is 0 Å². The number of epoxide rings is 2. The molecule has 2 saturated heterocycles. The summed E-state index contributed by atoms with van der Waals surface area (Å²) in [7, 11) is 1.32. The lowest BCUT2D eigenvalue weighted by atomic mass is 9.69. The van der Waals surface area contributed by atoms with Crippen molar-refractivity contribution in [1.29, 1.82) is 0 Å². The summed E-state index contributed by atoms with van der Waals surface area (Å²) in [6.07, 6.45) is -6.92. The fourth-order valence-electron chi connectivity index (χ4n) is 3.54. The normalized spacial score (nSPS) is 47.3. The van der Waals surface area contributed by atoms with Crippen LogP contribution in [0.15, 0.2) is 11.6 Å². The topological polar surface area (TPSA) is 51.4 Å². The van der Waals surface area contributed by atoms with Crippen LogP contribution in [0.1, 0.15) is 35.8 Å². The molecule has 7 heteroatoms. The Kier molecular flexibility index (Phi) is 3.32. The summed E-state index contributed by atoms with van der Waals surface area (Å²) in [4.78, 5) is 12.4. The third kappa shape index (κ3) is 2.83. The van der Waals surface area contributed by atoms with Crippen molar-refractivity contribution in [3.05, 3.63) is 11.6 Å². The second kappa shape index (κ2) is 5.29. The number of hydrogen-bond acceptors (Lipinski definition) is 4. The molecule has 1 aliphatic carbocycles. The average Bonchev–Trinajstić information content (AvgIpc) is 3.38. The molecule has 1 unspecified atom stereocenters. The lowest BCUT2D eigenvalue weighted by Crippen LogP contribution is -2.52. The van der Waals surface area contributed by atoms with Gasteiger partial charge in [-0.15, -0.1) is 0 Å². The highest BCUT2D eigenvalue weighted by molar-refractivity contribution is 5.85. The van der Waals surface area contributed by atoms with Gasteiger partial charge in [0.15, 0.2) is 5.78 Å². The second-order valence-electron chi connectivity index (χ2n) is 6.62. The summed E-state index contributed by atoms with van der Waals surface area (Å²) in [6, 6.07) is 0. The first kappa shape index (κ1) is 14.4. The smallest absolute Gasteiger partial charge is 0.373 e. The van der Waals surface area contributed by atoms with E-state index in [2.05, 4.69) is 0 Å². The number of halogens is 3. The molecule has 3 rings (SSSR count). The number of carbonyl (C=O) groups is 1. The molecule has 5 atom stereocenters. The number of allylic oxidation sites excluding steroid dienone is 1. The molecular weight excluding hydrogens is 313 g/mol. The molecule has 0 N–H and O–H groups in total. The first-order valence-corrected chi connectivity index (χ1v) is 7.50. The number of carbonyl (C=O) groups excluding carboxylic acids is 1. The van der Waals surface area contributed by atoms with E-state index in [0.717, 1.165) is 13.0 Å². The molecule has 0 aromatic carbocycles. The van der Waals surface area contributed by atoms with Gasteiger partial charge in [-0.1, -0.05) is 6.08 Å². The van der Waals surface area contributed by atoms with Crippen molar-refractivity contribution >= 4 is 5.78 Å². The van der Waals surface area contributed by atoms with Crippen LogP contribution >= 0.6 is 0 Å². The lowest BCUT2D eigenvalue weighted by Gasteiger charge is -2.37. The fourth-order valence-corrected chi connectivity index (χ4v) is 3.54. The maximum absolute atomic E-state index is 12.6. The molecule has 0 amide bonds. The Bertz CT molecular complexity index is 615. The third-order valence-corrected chi connectivity index (χ3v) is 5.14. The van der Waals surface area contributed by atoms with Crippen molar-refractivity contribution in [2.75, 3.05) is 13.7 Å². The summed E-state index contributed by atoms with van der Waals surface area (Å²) in [6.45, 7) is 3.01. The predicted octanol–water partition coefficient (Wildman–Crippen LogP) is 2.81. The van der Waals surface area contributed by atoms with E-state index in [-0.39, 0.29) is 19.4 Å². The van der Waals surface area contributed by atoms with Gasteiger partial charge in [-0.05, 0) is 26.7 Å². The monoisotopic (exact) mass is 336 g/mol. The summed E-state index contributed by atoms with van der Waals surface area (Å²) in [5.74, 6) is -1.22. The van der Waals surface area contributed by atoms with Gasteiger partial charge in [0.05, 0.1) is 18.6 Å². The van der Waals surface area contributed by atoms with Crippen molar-refractivity contribution in [1.82, 2.24) is 0 Å². The van der Waals surface area contributed by atoms with E-state index >= 15 is 0 Å². The van der Waals surface area contributed by atoms with Gasteiger partial charge in [-0.3, -0.25) is 4.79 Å². The van der Waals surface area contributed by atoms with E-state index in [4.69, 9.17) is 17.0 Å². The minimum atomic E-state index is -4.38. The van der Waals surface area contributed by atoms with Crippen molar-refractivity contribution in [3.8, 4) is 0 Å². The molecule has 23 heavy (non-hydrogen) atoms. The van der Waals surface area contributed by atoms with Crippen molar-refractivity contribution in [3.63, 3.8) is 0 Å². The average molecular weight is 336 g/mol. The number of methoxy groups -OCH3 is 1. The highest BCUT2D eigenvalue weighted by Gasteiger charge is 2.71. The Morgan fingerprint density at radius 3 is 2.74 bits per heavy atom. The lowest BCUT2D eigenvalue weighted by molar-refractivity contribution is -0.142. The molecule has 3 fully saturated rings. The van der Waals surface area contributed by atoms with Crippen molar-refractivity contribution < 1.29 is 34.9 Å². The molecule has 0 aromatic heterocycles. The minimum Gasteiger partial charge on any atom is -0.373 e. The molecule has 1 saturated carbocycles. The molecular formula is C16H21F3O4. The summed E-state index contributed by atoms with van der Waals surface area (Å²) in [5.41, 5.74) is -2.43. The molecule has 2 aliphatic heterocycles. The summed E-state index contributed by atoms with van der Waals surface area (Å²) in [5, 5.41) is 0. The number of Topliss-reactive ketones (excluding diaryl/α,β-unsaturated/α-hetero) is 1. The zero-order valence-electron chi connectivity index (χ0n) is 15.2. The molecule has 130 valence electrons. The molecule has 2 heterocycles. The van der Waals surface area contributed by atoms with Crippen LogP contribution in [0.2, 0.25) is 0 Å². The van der Waals surface area contributed by atoms with Crippen molar-refractivity contribution in [2.24, 2.45) is 5.92 Å². The van der Waals surface area contributed by atoms with Gasteiger partial charge in [-0.2, -0.15) is 13.2 Å². The zero-order valence-corrected chi connectivity index (χ0v) is 13.2. The zero-order chi connectivity index (χ0) is 18.8. The Balaban J connectivity index is 1.80. The Hall–Kier alpha value is -0.920. The van der Waals surface area contributed by atoms with Gasteiger partial charge in [0, 0.05) is 21.8 Å². The van der Waals surface area contributed by atoms with Crippen molar-refractivity contribution in [2.45, 2.75) is 62.6 Å². The first-order chi connectivity index (χ1) is 11.4. The maximum Gasteiger partial charge on any atom is 0.412 e. The van der Waals surface area contributed by atoms with Crippen LogP contribution in [0.3, 0.4) is 0 Å². The molecule has 0 aromatic rings. The van der Waals surface area contributed by atoms with Crippen LogP contribution in [-0.2, 0) is 19.0 Å². The van der Waals surface area contributed by atoms with E-state index in [9.17, 15) is 18.0 Å². The second-order valence-corrected chi connectivity index (χ2v) is 6.62. The van der Waals surface area contributed by atoms with Crippen LogP contribution in [0.4, 0.5) is 13.2 Å². The standard InChI is InChI=1S/C16H21F3O4/c1-9(16(17,18)19)4-5-11-14(2,23-11)13-12(21-3)10(20)6-7-15(13)8-22-15/h4,11-13H,5-8H2,1-3H3/b9-4+/t11-,12-,13-,14?,15+/m1/s1/i6D2. The fraction of sp³-hybridized carbons (Fsp3) is 0.812. The van der Waals surface area contributed by atoms with Gasteiger partial charge >= 0.3 is 6.18 Å². The van der Waals surface area contributed by atoms with Crippen LogP contribution in [0.5, 0.6) is 0 Å². The van der Waals surface area contributed by atoms with Gasteiger partial charge in [0.2, 0.25) is 0 Å². The Morgan fingerprint density at radius 1 is 1.57 bits per heavy atom. The van der Waals surface area contributed by atoms with Crippen LogP contribution in [0, 0.1) is 5.92 Å².